The van der Waals surface area contributed by atoms with E-state index in [2.05, 4.69) is 69.3 Å². The molecule has 1 N–H and O–H groups in total. The Hall–Kier alpha value is -0.860. The van der Waals surface area contributed by atoms with E-state index in [0.717, 1.165) is 19.0 Å². The Morgan fingerprint density at radius 3 is 2.17 bits per heavy atom. The van der Waals surface area contributed by atoms with Crippen molar-refractivity contribution >= 4 is 0 Å². The van der Waals surface area contributed by atoms with E-state index in [4.69, 9.17) is 0 Å². The van der Waals surface area contributed by atoms with Crippen molar-refractivity contribution < 1.29 is 0 Å². The highest BCUT2D eigenvalue weighted by atomic mass is 15.1. The van der Waals surface area contributed by atoms with Crippen LogP contribution in [0.3, 0.4) is 0 Å². The minimum atomic E-state index is 0.457. The molecule has 0 spiro atoms. The zero-order chi connectivity index (χ0) is 13.5. The third kappa shape index (κ3) is 4.79. The summed E-state index contributed by atoms with van der Waals surface area (Å²) in [6.07, 6.45) is 1.17. The van der Waals surface area contributed by atoms with Crippen molar-refractivity contribution in [3.63, 3.8) is 0 Å². The summed E-state index contributed by atoms with van der Waals surface area (Å²) in [7, 11) is 4.29. The highest BCUT2D eigenvalue weighted by Gasteiger charge is 2.13. The van der Waals surface area contributed by atoms with Gasteiger partial charge in [-0.2, -0.15) is 0 Å². The molecule has 102 valence electrons. The molecule has 2 nitrogen and oxygen atoms in total. The lowest BCUT2D eigenvalue weighted by atomic mass is 9.99. The summed E-state index contributed by atoms with van der Waals surface area (Å²) in [6.45, 7) is 8.71. The number of nitrogens with one attached hydrogen (secondary N) is 1. The molecule has 0 saturated heterocycles. The molecule has 1 aromatic rings. The zero-order valence-electron chi connectivity index (χ0n) is 12.5. The first kappa shape index (κ1) is 15.2. The van der Waals surface area contributed by atoms with E-state index < -0.39 is 0 Å². The van der Waals surface area contributed by atoms with Crippen LogP contribution in [0, 0.1) is 5.92 Å². The lowest BCUT2D eigenvalue weighted by Crippen LogP contribution is -2.30. The molecule has 0 amide bonds. The van der Waals surface area contributed by atoms with Gasteiger partial charge in [-0.05, 0) is 44.1 Å². The molecule has 0 fully saturated rings. The molecular weight excluding hydrogens is 220 g/mol. The van der Waals surface area contributed by atoms with Gasteiger partial charge in [0.15, 0.2) is 0 Å². The van der Waals surface area contributed by atoms with Crippen LogP contribution in [-0.4, -0.2) is 32.1 Å². The van der Waals surface area contributed by atoms with Crippen LogP contribution in [0.4, 0.5) is 0 Å². The highest BCUT2D eigenvalue weighted by molar-refractivity contribution is 5.25. The van der Waals surface area contributed by atoms with Gasteiger partial charge in [-0.25, -0.2) is 0 Å². The summed E-state index contributed by atoms with van der Waals surface area (Å²) < 4.78 is 0. The van der Waals surface area contributed by atoms with Gasteiger partial charge in [-0.1, -0.05) is 45.0 Å². The first-order valence-electron chi connectivity index (χ1n) is 7.00. The Kier molecular flexibility index (Phi) is 6.37. The van der Waals surface area contributed by atoms with Gasteiger partial charge in [0.2, 0.25) is 0 Å². The molecule has 1 rings (SSSR count). The van der Waals surface area contributed by atoms with Crippen molar-refractivity contribution in [1.82, 2.24) is 10.2 Å². The molecule has 2 heteroatoms. The van der Waals surface area contributed by atoms with Crippen LogP contribution >= 0.6 is 0 Å². The summed E-state index contributed by atoms with van der Waals surface area (Å²) in [5.41, 5.74) is 2.84. The van der Waals surface area contributed by atoms with Crippen molar-refractivity contribution in [2.45, 2.75) is 33.2 Å². The number of hydrogen-bond acceptors (Lipinski definition) is 2. The van der Waals surface area contributed by atoms with Gasteiger partial charge in [0.25, 0.3) is 0 Å². The predicted molar refractivity (Wildman–Crippen MR) is 80.0 cm³/mol. The molecule has 0 aromatic heterocycles. The van der Waals surface area contributed by atoms with Crippen molar-refractivity contribution in [3.05, 3.63) is 35.4 Å². The Morgan fingerprint density at radius 1 is 1.11 bits per heavy atom. The second kappa shape index (κ2) is 7.55. The summed E-state index contributed by atoms with van der Waals surface area (Å²) in [5.74, 6) is 0.724. The Morgan fingerprint density at radius 2 is 1.72 bits per heavy atom. The van der Waals surface area contributed by atoms with Crippen LogP contribution in [0.5, 0.6) is 0 Å². The zero-order valence-corrected chi connectivity index (χ0v) is 12.5. The number of benzene rings is 1. The number of likely N-dealkylation sites (N-methyl/N-ethyl adjacent to an activating group) is 2. The topological polar surface area (TPSA) is 15.3 Å². The summed E-state index contributed by atoms with van der Waals surface area (Å²) in [4.78, 5) is 2.28. The van der Waals surface area contributed by atoms with Gasteiger partial charge in [-0.3, -0.25) is 0 Å². The van der Waals surface area contributed by atoms with E-state index in [9.17, 15) is 0 Å². The fraction of sp³-hybridized carbons (Fsp3) is 0.625. The third-order valence-electron chi connectivity index (χ3n) is 3.22. The van der Waals surface area contributed by atoms with Gasteiger partial charge >= 0.3 is 0 Å². The summed E-state index contributed by atoms with van der Waals surface area (Å²) in [6, 6.07) is 9.56. The molecule has 0 radical (unpaired) electrons. The van der Waals surface area contributed by atoms with Crippen molar-refractivity contribution in [1.29, 1.82) is 0 Å². The molecular formula is C16H28N2. The van der Waals surface area contributed by atoms with Crippen molar-refractivity contribution in [2.24, 2.45) is 5.92 Å². The van der Waals surface area contributed by atoms with Crippen molar-refractivity contribution in [2.75, 3.05) is 27.2 Å². The van der Waals surface area contributed by atoms with E-state index >= 15 is 0 Å². The minimum Gasteiger partial charge on any atom is -0.315 e. The molecule has 0 aliphatic heterocycles. The van der Waals surface area contributed by atoms with E-state index in [1.165, 1.54) is 17.5 Å². The van der Waals surface area contributed by atoms with Crippen LogP contribution in [0.25, 0.3) is 0 Å². The maximum Gasteiger partial charge on any atom is 0.0466 e. The molecule has 1 aromatic carbocycles. The fourth-order valence-corrected chi connectivity index (χ4v) is 2.23. The average Bonchev–Trinajstić information content (AvgIpc) is 2.30. The van der Waals surface area contributed by atoms with Crippen LogP contribution in [0.15, 0.2) is 24.3 Å². The van der Waals surface area contributed by atoms with Crippen LogP contribution in [0.1, 0.15) is 37.9 Å². The second-order valence-electron chi connectivity index (χ2n) is 5.63. The molecule has 0 aliphatic carbocycles. The monoisotopic (exact) mass is 248 g/mol. The van der Waals surface area contributed by atoms with E-state index in [-0.39, 0.29) is 0 Å². The Bertz CT molecular complexity index is 327. The normalized spacial score (nSPS) is 13.3. The molecule has 1 atom stereocenters. The third-order valence-corrected chi connectivity index (χ3v) is 3.22. The minimum absolute atomic E-state index is 0.457. The lowest BCUT2D eigenvalue weighted by molar-refractivity contribution is 0.290. The molecule has 0 saturated carbocycles. The van der Waals surface area contributed by atoms with Gasteiger partial charge in [0.05, 0.1) is 0 Å². The molecule has 18 heavy (non-hydrogen) atoms. The molecule has 1 unspecified atom stereocenters. The number of hydrogen-bond donors (Lipinski definition) is 1. The van der Waals surface area contributed by atoms with Crippen LogP contribution in [0.2, 0.25) is 0 Å². The van der Waals surface area contributed by atoms with Gasteiger partial charge < -0.3 is 10.2 Å². The van der Waals surface area contributed by atoms with Crippen LogP contribution in [-0.2, 0) is 6.42 Å². The summed E-state index contributed by atoms with van der Waals surface area (Å²) >= 11 is 0. The highest BCUT2D eigenvalue weighted by Crippen LogP contribution is 2.19. The standard InChI is InChI=1S/C16H28N2/c1-6-17-12-16(18(4)5)15-9-7-14(8-10-15)11-13(2)3/h7-10,13,16-17H,6,11-12H2,1-5H3. The first-order chi connectivity index (χ1) is 8.54. The molecule has 0 bridgehead atoms. The predicted octanol–water partition coefficient (Wildman–Crippen LogP) is 3.10. The van der Waals surface area contributed by atoms with E-state index in [1.54, 1.807) is 0 Å². The number of nitrogens with zero attached hydrogens (tertiary/aromatic N) is 1. The van der Waals surface area contributed by atoms with Crippen LogP contribution < -0.4 is 5.32 Å². The fourth-order valence-electron chi connectivity index (χ4n) is 2.23. The van der Waals surface area contributed by atoms with Gasteiger partial charge in [0, 0.05) is 12.6 Å². The molecule has 0 heterocycles. The quantitative estimate of drug-likeness (QED) is 0.797. The van der Waals surface area contributed by atoms with E-state index in [1.807, 2.05) is 0 Å². The SMILES string of the molecule is CCNCC(c1ccc(CC(C)C)cc1)N(C)C. The maximum atomic E-state index is 3.43. The largest absolute Gasteiger partial charge is 0.315 e. The van der Waals surface area contributed by atoms with Gasteiger partial charge in [-0.15, -0.1) is 0 Å². The van der Waals surface area contributed by atoms with Gasteiger partial charge in [0.1, 0.15) is 0 Å². The van der Waals surface area contributed by atoms with E-state index in [0.29, 0.717) is 6.04 Å². The summed E-state index contributed by atoms with van der Waals surface area (Å²) in [5, 5.41) is 3.43. The second-order valence-corrected chi connectivity index (χ2v) is 5.63. The smallest absolute Gasteiger partial charge is 0.0466 e. The average molecular weight is 248 g/mol. The number of rotatable bonds is 7. The lowest BCUT2D eigenvalue weighted by Gasteiger charge is -2.25. The Labute approximate surface area is 112 Å². The first-order valence-corrected chi connectivity index (χ1v) is 7.00. The van der Waals surface area contributed by atoms with Crippen molar-refractivity contribution in [3.8, 4) is 0 Å². The maximum absolute atomic E-state index is 3.43. The Balaban J connectivity index is 2.73. The molecule has 0 aliphatic rings.